The minimum atomic E-state index is -0.586. The third-order valence-corrected chi connectivity index (χ3v) is 6.48. The van der Waals surface area contributed by atoms with E-state index >= 15 is 0 Å². The van der Waals surface area contributed by atoms with Crippen LogP contribution in [0.5, 0.6) is 0 Å². The Labute approximate surface area is 187 Å². The zero-order chi connectivity index (χ0) is 22.5. The number of hydrogen-bond donors (Lipinski definition) is 2. The first-order valence-corrected chi connectivity index (χ1v) is 11.5. The predicted octanol–water partition coefficient (Wildman–Crippen LogP) is 3.73. The predicted molar refractivity (Wildman–Crippen MR) is 119 cm³/mol. The lowest BCUT2D eigenvalue weighted by atomic mass is 10.2. The van der Waals surface area contributed by atoms with Crippen molar-refractivity contribution < 1.29 is 14.0 Å². The zero-order valence-electron chi connectivity index (χ0n) is 17.6. The molecule has 3 aromatic rings. The largest absolute Gasteiger partial charge is 0.342 e. The maximum absolute atomic E-state index is 13.9. The molecule has 0 spiro atoms. The molecular weight excluding hydrogens is 439 g/mol. The Bertz CT molecular complexity index is 1080. The Hall–Kier alpha value is -2.79. The van der Waals surface area contributed by atoms with Crippen LogP contribution in [0.4, 0.5) is 9.52 Å². The summed E-state index contributed by atoms with van der Waals surface area (Å²) in [5.74, 6) is -0.629. The third-order valence-electron chi connectivity index (χ3n) is 4.52. The van der Waals surface area contributed by atoms with Gasteiger partial charge in [0.15, 0.2) is 16.1 Å². The minimum Gasteiger partial charge on any atom is -0.342 e. The molecule has 2 N–H and O–H groups in total. The number of halogens is 1. The van der Waals surface area contributed by atoms with Crippen molar-refractivity contribution in [2.75, 3.05) is 11.1 Å². The normalized spacial score (nSPS) is 11.9. The second-order valence-corrected chi connectivity index (χ2v) is 8.90. The highest BCUT2D eigenvalue weighted by molar-refractivity contribution is 7.99. The number of carbonyl (C=O) groups excluding carboxylic acids is 2. The molecular formula is C20H23FN6O2S2. The zero-order valence-corrected chi connectivity index (χ0v) is 19.2. The van der Waals surface area contributed by atoms with Crippen molar-refractivity contribution in [3.05, 3.63) is 52.0 Å². The standard InChI is InChI=1S/C20H23FN6O2S2/c1-5-27-17(12(3)22-18(29)14-8-6-7-9-15(14)21)25-26-20(27)30-10-16(28)24-19-23-11(2)13(4)31-19/h6-9,12H,5,10H2,1-4H3,(H,22,29)(H,23,24,28). The van der Waals surface area contributed by atoms with E-state index in [-0.39, 0.29) is 17.2 Å². The number of thiazole rings is 1. The summed E-state index contributed by atoms with van der Waals surface area (Å²) in [5.41, 5.74) is 0.866. The molecule has 2 heterocycles. The summed E-state index contributed by atoms with van der Waals surface area (Å²) in [6.07, 6.45) is 0. The highest BCUT2D eigenvalue weighted by atomic mass is 32.2. The maximum Gasteiger partial charge on any atom is 0.254 e. The van der Waals surface area contributed by atoms with Gasteiger partial charge in [0, 0.05) is 11.4 Å². The fraction of sp³-hybridized carbons (Fsp3) is 0.350. The van der Waals surface area contributed by atoms with E-state index < -0.39 is 17.8 Å². The Balaban J connectivity index is 1.63. The van der Waals surface area contributed by atoms with E-state index in [9.17, 15) is 14.0 Å². The first kappa shape index (κ1) is 22.9. The van der Waals surface area contributed by atoms with Gasteiger partial charge in [-0.2, -0.15) is 0 Å². The second-order valence-electron chi connectivity index (χ2n) is 6.76. The van der Waals surface area contributed by atoms with E-state index in [1.165, 1.54) is 41.3 Å². The Morgan fingerprint density at radius 3 is 2.65 bits per heavy atom. The number of anilines is 1. The summed E-state index contributed by atoms with van der Waals surface area (Å²) in [7, 11) is 0. The van der Waals surface area contributed by atoms with Crippen LogP contribution in [0.3, 0.4) is 0 Å². The summed E-state index contributed by atoms with van der Waals surface area (Å²) >= 11 is 2.68. The molecule has 0 aliphatic rings. The van der Waals surface area contributed by atoms with E-state index in [2.05, 4.69) is 25.8 Å². The molecule has 8 nitrogen and oxygen atoms in total. The molecule has 1 unspecified atom stereocenters. The van der Waals surface area contributed by atoms with Gasteiger partial charge in [0.05, 0.1) is 23.1 Å². The number of hydrogen-bond acceptors (Lipinski definition) is 7. The van der Waals surface area contributed by atoms with Crippen molar-refractivity contribution in [2.24, 2.45) is 0 Å². The van der Waals surface area contributed by atoms with Crippen molar-refractivity contribution in [1.29, 1.82) is 0 Å². The molecule has 0 saturated heterocycles. The molecule has 1 atom stereocenters. The lowest BCUT2D eigenvalue weighted by Crippen LogP contribution is -2.29. The number of benzene rings is 1. The van der Waals surface area contributed by atoms with Gasteiger partial charge in [-0.3, -0.25) is 9.59 Å². The number of aromatic nitrogens is 4. The number of rotatable bonds is 8. The average molecular weight is 463 g/mol. The van der Waals surface area contributed by atoms with Crippen molar-refractivity contribution >= 4 is 40.0 Å². The van der Waals surface area contributed by atoms with Gasteiger partial charge in [-0.1, -0.05) is 23.9 Å². The third kappa shape index (κ3) is 5.47. The molecule has 0 radical (unpaired) electrons. The van der Waals surface area contributed by atoms with Crippen LogP contribution in [-0.2, 0) is 11.3 Å². The Morgan fingerprint density at radius 2 is 2.00 bits per heavy atom. The second kappa shape index (κ2) is 10.0. The summed E-state index contributed by atoms with van der Waals surface area (Å²) in [6, 6.07) is 5.30. The van der Waals surface area contributed by atoms with Crippen molar-refractivity contribution in [2.45, 2.75) is 45.4 Å². The maximum atomic E-state index is 13.9. The highest BCUT2D eigenvalue weighted by Crippen LogP contribution is 2.23. The highest BCUT2D eigenvalue weighted by Gasteiger charge is 2.21. The van der Waals surface area contributed by atoms with Gasteiger partial charge in [0.2, 0.25) is 5.91 Å². The average Bonchev–Trinajstić information content (AvgIpc) is 3.28. The fourth-order valence-corrected chi connectivity index (χ4v) is 4.46. The lowest BCUT2D eigenvalue weighted by molar-refractivity contribution is -0.113. The number of aryl methyl sites for hydroxylation is 2. The molecule has 11 heteroatoms. The Kier molecular flexibility index (Phi) is 7.39. The summed E-state index contributed by atoms with van der Waals surface area (Å²) in [4.78, 5) is 30.0. The van der Waals surface area contributed by atoms with Crippen molar-refractivity contribution in [1.82, 2.24) is 25.1 Å². The molecule has 0 aliphatic heterocycles. The van der Waals surface area contributed by atoms with Crippen LogP contribution in [-0.4, -0.2) is 37.3 Å². The lowest BCUT2D eigenvalue weighted by Gasteiger charge is -2.15. The van der Waals surface area contributed by atoms with E-state index in [1.54, 1.807) is 13.0 Å². The monoisotopic (exact) mass is 462 g/mol. The van der Waals surface area contributed by atoms with Crippen LogP contribution in [0.15, 0.2) is 29.4 Å². The van der Waals surface area contributed by atoms with Crippen molar-refractivity contribution in [3.8, 4) is 0 Å². The fourth-order valence-electron chi connectivity index (χ4n) is 2.82. The molecule has 164 valence electrons. The van der Waals surface area contributed by atoms with Gasteiger partial charge in [0.1, 0.15) is 5.82 Å². The van der Waals surface area contributed by atoms with Gasteiger partial charge in [0.25, 0.3) is 5.91 Å². The molecule has 0 saturated carbocycles. The molecule has 0 fully saturated rings. The van der Waals surface area contributed by atoms with E-state index in [4.69, 9.17) is 0 Å². The van der Waals surface area contributed by atoms with Crippen LogP contribution < -0.4 is 10.6 Å². The first-order valence-electron chi connectivity index (χ1n) is 9.65. The van der Waals surface area contributed by atoms with E-state index in [0.717, 1.165) is 10.6 Å². The quantitative estimate of drug-likeness (QED) is 0.495. The van der Waals surface area contributed by atoms with Crippen LogP contribution in [0.2, 0.25) is 0 Å². The molecule has 3 rings (SSSR count). The first-order chi connectivity index (χ1) is 14.8. The van der Waals surface area contributed by atoms with Crippen LogP contribution in [0.1, 0.15) is 46.6 Å². The number of carbonyl (C=O) groups is 2. The topological polar surface area (TPSA) is 102 Å². The smallest absolute Gasteiger partial charge is 0.254 e. The molecule has 2 amide bonds. The van der Waals surface area contributed by atoms with Gasteiger partial charge in [-0.25, -0.2) is 9.37 Å². The van der Waals surface area contributed by atoms with Gasteiger partial charge in [-0.05, 0) is 39.8 Å². The SMILES string of the molecule is CCn1c(SCC(=O)Nc2nc(C)c(C)s2)nnc1C(C)NC(=O)c1ccccc1F. The number of nitrogens with one attached hydrogen (secondary N) is 2. The molecule has 31 heavy (non-hydrogen) atoms. The Morgan fingerprint density at radius 1 is 1.26 bits per heavy atom. The molecule has 1 aromatic carbocycles. The van der Waals surface area contributed by atoms with Crippen LogP contribution >= 0.6 is 23.1 Å². The number of thioether (sulfide) groups is 1. The van der Waals surface area contributed by atoms with E-state index in [0.29, 0.717) is 22.7 Å². The summed E-state index contributed by atoms with van der Waals surface area (Å²) in [6.45, 7) is 8.08. The van der Waals surface area contributed by atoms with Gasteiger partial charge in [-0.15, -0.1) is 21.5 Å². The summed E-state index contributed by atoms with van der Waals surface area (Å²) in [5, 5.41) is 15.0. The van der Waals surface area contributed by atoms with Gasteiger partial charge >= 0.3 is 0 Å². The molecule has 0 bridgehead atoms. The number of nitrogens with zero attached hydrogens (tertiary/aromatic N) is 4. The van der Waals surface area contributed by atoms with Crippen LogP contribution in [0.25, 0.3) is 0 Å². The minimum absolute atomic E-state index is 0.0316. The summed E-state index contributed by atoms with van der Waals surface area (Å²) < 4.78 is 15.7. The molecule has 2 aromatic heterocycles. The van der Waals surface area contributed by atoms with E-state index in [1.807, 2.05) is 25.3 Å². The van der Waals surface area contributed by atoms with Crippen molar-refractivity contribution in [3.63, 3.8) is 0 Å². The van der Waals surface area contributed by atoms with Gasteiger partial charge < -0.3 is 15.2 Å². The molecule has 0 aliphatic carbocycles. The van der Waals surface area contributed by atoms with Crippen LogP contribution in [0, 0.1) is 19.7 Å². The number of amides is 2.